The maximum Gasteiger partial charge on any atom is 0.257 e. The van der Waals surface area contributed by atoms with E-state index in [2.05, 4.69) is 20.9 Å². The first-order valence-corrected chi connectivity index (χ1v) is 11.5. The molecule has 1 aromatic carbocycles. The number of aromatic nitrogens is 1. The highest BCUT2D eigenvalue weighted by molar-refractivity contribution is 7.17. The third-order valence-electron chi connectivity index (χ3n) is 5.36. The Morgan fingerprint density at radius 2 is 1.70 bits per heavy atom. The Hall–Kier alpha value is -3.59. The quantitative estimate of drug-likeness (QED) is 0.464. The van der Waals surface area contributed by atoms with Gasteiger partial charge in [-0.2, -0.15) is 0 Å². The molecule has 170 valence electrons. The maximum absolute atomic E-state index is 13.7. The minimum Gasteiger partial charge on any atom is -0.350 e. The van der Waals surface area contributed by atoms with Crippen LogP contribution in [-0.4, -0.2) is 35.8 Å². The van der Waals surface area contributed by atoms with E-state index in [1.54, 1.807) is 24.4 Å². The van der Waals surface area contributed by atoms with Gasteiger partial charge in [0.25, 0.3) is 17.7 Å². The lowest BCUT2D eigenvalue weighted by Crippen LogP contribution is -2.35. The first-order chi connectivity index (χ1) is 16.0. The second-order valence-electron chi connectivity index (χ2n) is 7.60. The van der Waals surface area contributed by atoms with Gasteiger partial charge in [-0.15, -0.1) is 11.3 Å². The van der Waals surface area contributed by atoms with E-state index in [0.29, 0.717) is 16.1 Å². The lowest BCUT2D eigenvalue weighted by Gasteiger charge is -2.13. The Morgan fingerprint density at radius 1 is 0.939 bits per heavy atom. The molecular weight excluding hydrogens is 443 g/mol. The van der Waals surface area contributed by atoms with Gasteiger partial charge in [0, 0.05) is 30.4 Å². The Labute approximate surface area is 194 Å². The van der Waals surface area contributed by atoms with Gasteiger partial charge in [0.2, 0.25) is 0 Å². The standard InChI is InChI=1S/C24H23FN4O3S/c25-18-9-3-1-7-16(18)22(31)27-12-13-28-23(32)20-17-8-2-4-10-19(17)33-24(20)29-21(30)15-6-5-11-26-14-15/h1,3,5-7,9,11,14H,2,4,8,10,12-13H2,(H,27,31)(H,28,32)(H,29,30). The van der Waals surface area contributed by atoms with Gasteiger partial charge < -0.3 is 16.0 Å². The number of thiophene rings is 1. The molecule has 2 aromatic heterocycles. The van der Waals surface area contributed by atoms with Crippen molar-refractivity contribution in [3.8, 4) is 0 Å². The van der Waals surface area contributed by atoms with Crippen LogP contribution < -0.4 is 16.0 Å². The number of anilines is 1. The van der Waals surface area contributed by atoms with Crippen LogP contribution in [0.5, 0.6) is 0 Å². The second kappa shape index (κ2) is 10.4. The summed E-state index contributed by atoms with van der Waals surface area (Å²) in [5.74, 6) is -1.78. The van der Waals surface area contributed by atoms with Crippen molar-refractivity contribution in [2.45, 2.75) is 25.7 Å². The summed E-state index contributed by atoms with van der Waals surface area (Å²) in [6, 6.07) is 9.06. The topological polar surface area (TPSA) is 100 Å². The van der Waals surface area contributed by atoms with Gasteiger partial charge >= 0.3 is 0 Å². The largest absolute Gasteiger partial charge is 0.350 e. The van der Waals surface area contributed by atoms with Crippen molar-refractivity contribution in [2.75, 3.05) is 18.4 Å². The number of hydrogen-bond donors (Lipinski definition) is 3. The highest BCUT2D eigenvalue weighted by Gasteiger charge is 2.26. The first-order valence-electron chi connectivity index (χ1n) is 10.7. The van der Waals surface area contributed by atoms with E-state index in [1.165, 1.54) is 35.7 Å². The molecule has 3 amide bonds. The third kappa shape index (κ3) is 5.25. The fourth-order valence-electron chi connectivity index (χ4n) is 3.75. The number of rotatable bonds is 7. The number of halogens is 1. The molecular formula is C24H23FN4O3S. The number of carbonyl (C=O) groups is 3. The molecule has 33 heavy (non-hydrogen) atoms. The Bertz CT molecular complexity index is 1180. The molecule has 0 saturated heterocycles. The number of benzene rings is 1. The highest BCUT2D eigenvalue weighted by atomic mass is 32.1. The molecule has 3 N–H and O–H groups in total. The summed E-state index contributed by atoms with van der Waals surface area (Å²) in [6.07, 6.45) is 6.75. The molecule has 0 unspecified atom stereocenters. The maximum atomic E-state index is 13.7. The van der Waals surface area contributed by atoms with E-state index in [9.17, 15) is 18.8 Å². The SMILES string of the molecule is O=C(Nc1sc2c(c1C(=O)NCCNC(=O)c1ccccc1F)CCCC2)c1cccnc1. The molecule has 0 aliphatic heterocycles. The van der Waals surface area contributed by atoms with Crippen molar-refractivity contribution in [1.82, 2.24) is 15.6 Å². The molecule has 0 spiro atoms. The molecule has 7 nitrogen and oxygen atoms in total. The predicted molar refractivity (Wildman–Crippen MR) is 124 cm³/mol. The van der Waals surface area contributed by atoms with Gasteiger partial charge in [-0.05, 0) is 55.5 Å². The average molecular weight is 467 g/mol. The van der Waals surface area contributed by atoms with Crippen LogP contribution in [0.3, 0.4) is 0 Å². The van der Waals surface area contributed by atoms with E-state index in [0.717, 1.165) is 36.1 Å². The molecule has 1 aliphatic rings. The minimum atomic E-state index is -0.599. The van der Waals surface area contributed by atoms with Gasteiger partial charge in [0.15, 0.2) is 0 Å². The van der Waals surface area contributed by atoms with Crippen LogP contribution in [0.15, 0.2) is 48.8 Å². The van der Waals surface area contributed by atoms with E-state index in [-0.39, 0.29) is 30.5 Å². The number of fused-ring (bicyclic) bond motifs is 1. The Morgan fingerprint density at radius 3 is 2.45 bits per heavy atom. The fraction of sp³-hybridized carbons (Fsp3) is 0.250. The summed E-state index contributed by atoms with van der Waals surface area (Å²) in [5, 5.41) is 8.79. The van der Waals surface area contributed by atoms with Crippen LogP contribution in [0.2, 0.25) is 0 Å². The summed E-state index contributed by atoms with van der Waals surface area (Å²) < 4.78 is 13.7. The van der Waals surface area contributed by atoms with Crippen molar-refractivity contribution in [1.29, 1.82) is 0 Å². The van der Waals surface area contributed by atoms with E-state index >= 15 is 0 Å². The molecule has 4 rings (SSSR count). The smallest absolute Gasteiger partial charge is 0.257 e. The minimum absolute atomic E-state index is 0.0452. The summed E-state index contributed by atoms with van der Waals surface area (Å²) >= 11 is 1.43. The average Bonchev–Trinajstić information content (AvgIpc) is 3.20. The zero-order valence-electron chi connectivity index (χ0n) is 17.8. The molecule has 9 heteroatoms. The third-order valence-corrected chi connectivity index (χ3v) is 6.57. The van der Waals surface area contributed by atoms with Gasteiger partial charge in [-0.3, -0.25) is 19.4 Å². The van der Waals surface area contributed by atoms with Crippen LogP contribution in [0.4, 0.5) is 9.39 Å². The number of pyridine rings is 1. The molecule has 0 saturated carbocycles. The number of amides is 3. The predicted octanol–water partition coefficient (Wildman–Crippen LogP) is 3.57. The number of carbonyl (C=O) groups excluding carboxylic acids is 3. The molecule has 1 aliphatic carbocycles. The summed E-state index contributed by atoms with van der Waals surface area (Å²) in [6.45, 7) is 0.308. The van der Waals surface area contributed by atoms with E-state index in [1.807, 2.05) is 0 Å². The Kier molecular flexibility index (Phi) is 7.09. The van der Waals surface area contributed by atoms with Crippen molar-refractivity contribution in [2.24, 2.45) is 0 Å². The van der Waals surface area contributed by atoms with Gasteiger partial charge in [-0.1, -0.05) is 12.1 Å². The van der Waals surface area contributed by atoms with Crippen LogP contribution in [0.25, 0.3) is 0 Å². The van der Waals surface area contributed by atoms with Crippen LogP contribution >= 0.6 is 11.3 Å². The zero-order valence-corrected chi connectivity index (χ0v) is 18.6. The molecule has 0 bridgehead atoms. The van der Waals surface area contributed by atoms with Crippen LogP contribution in [0, 0.1) is 5.82 Å². The van der Waals surface area contributed by atoms with Crippen molar-refractivity contribution in [3.05, 3.63) is 81.7 Å². The zero-order chi connectivity index (χ0) is 23.2. The number of aryl methyl sites for hydroxylation is 1. The molecule has 0 radical (unpaired) electrons. The number of nitrogens with one attached hydrogen (secondary N) is 3. The molecule has 0 fully saturated rings. The van der Waals surface area contributed by atoms with Crippen molar-refractivity contribution in [3.63, 3.8) is 0 Å². The fourth-order valence-corrected chi connectivity index (χ4v) is 5.03. The summed E-state index contributed by atoms with van der Waals surface area (Å²) in [7, 11) is 0. The Balaban J connectivity index is 1.42. The van der Waals surface area contributed by atoms with Crippen LogP contribution in [-0.2, 0) is 12.8 Å². The first kappa shape index (κ1) is 22.6. The van der Waals surface area contributed by atoms with Crippen LogP contribution in [0.1, 0.15) is 54.4 Å². The van der Waals surface area contributed by atoms with Crippen molar-refractivity contribution < 1.29 is 18.8 Å². The summed E-state index contributed by atoms with van der Waals surface area (Å²) in [4.78, 5) is 42.9. The van der Waals surface area contributed by atoms with Crippen molar-refractivity contribution >= 4 is 34.1 Å². The van der Waals surface area contributed by atoms with E-state index in [4.69, 9.17) is 0 Å². The highest BCUT2D eigenvalue weighted by Crippen LogP contribution is 2.38. The molecule has 2 heterocycles. The van der Waals surface area contributed by atoms with Gasteiger partial charge in [-0.25, -0.2) is 4.39 Å². The van der Waals surface area contributed by atoms with Gasteiger partial charge in [0.05, 0.1) is 16.7 Å². The monoisotopic (exact) mass is 466 g/mol. The number of hydrogen-bond acceptors (Lipinski definition) is 5. The number of nitrogens with zero attached hydrogens (tertiary/aromatic N) is 1. The lowest BCUT2D eigenvalue weighted by molar-refractivity contribution is 0.0925. The summed E-state index contributed by atoms with van der Waals surface area (Å²) in [5.41, 5.74) is 1.82. The molecule has 3 aromatic rings. The van der Waals surface area contributed by atoms with Gasteiger partial charge in [0.1, 0.15) is 10.8 Å². The second-order valence-corrected chi connectivity index (χ2v) is 8.71. The normalized spacial score (nSPS) is 12.5. The van der Waals surface area contributed by atoms with E-state index < -0.39 is 11.7 Å². The molecule has 0 atom stereocenters. The lowest BCUT2D eigenvalue weighted by atomic mass is 9.95.